The summed E-state index contributed by atoms with van der Waals surface area (Å²) in [4.78, 5) is 13.4. The number of aromatic nitrogens is 2. The summed E-state index contributed by atoms with van der Waals surface area (Å²) < 4.78 is 33.9. The number of rotatable bonds is 7. The molecule has 0 N–H and O–H groups in total. The van der Waals surface area contributed by atoms with E-state index in [1.54, 1.807) is 12.4 Å². The van der Waals surface area contributed by atoms with Crippen LogP contribution >= 0.6 is 11.6 Å². The fourth-order valence-electron chi connectivity index (χ4n) is 4.45. The first-order chi connectivity index (χ1) is 15.4. The van der Waals surface area contributed by atoms with Crippen LogP contribution in [0.1, 0.15) is 18.4 Å². The second kappa shape index (κ2) is 10.4. The molecule has 0 amide bonds. The first kappa shape index (κ1) is 23.4. The minimum atomic E-state index is -3.50. The molecule has 3 heterocycles. The number of benzene rings is 1. The number of piperidine rings is 1. The topological polar surface area (TPSA) is 84.9 Å². The van der Waals surface area contributed by atoms with Crippen LogP contribution in [0.15, 0.2) is 42.7 Å². The monoisotopic (exact) mass is 480 g/mol. The highest BCUT2D eigenvalue weighted by Crippen LogP contribution is 2.26. The molecule has 10 heteroatoms. The lowest BCUT2D eigenvalue weighted by molar-refractivity contribution is -0.0939. The van der Waals surface area contributed by atoms with E-state index in [-0.39, 0.29) is 18.8 Å². The molecule has 4 rings (SSSR count). The summed E-state index contributed by atoms with van der Waals surface area (Å²) in [5.74, 6) is 0.769. The molecule has 8 nitrogen and oxygen atoms in total. The van der Waals surface area contributed by atoms with Crippen LogP contribution in [-0.2, 0) is 25.5 Å². The van der Waals surface area contributed by atoms with Crippen molar-refractivity contribution in [1.82, 2.24) is 14.9 Å². The molecule has 0 radical (unpaired) electrons. The average Bonchev–Trinajstić information content (AvgIpc) is 2.80. The van der Waals surface area contributed by atoms with Crippen LogP contribution in [0.25, 0.3) is 0 Å². The van der Waals surface area contributed by atoms with Crippen molar-refractivity contribution in [1.29, 1.82) is 0 Å². The van der Waals surface area contributed by atoms with Crippen molar-refractivity contribution in [3.05, 3.63) is 53.3 Å². The molecule has 2 aliphatic heterocycles. The Morgan fingerprint density at radius 3 is 2.50 bits per heavy atom. The van der Waals surface area contributed by atoms with Gasteiger partial charge < -0.3 is 9.64 Å². The van der Waals surface area contributed by atoms with Crippen LogP contribution in [0.4, 0.5) is 5.95 Å². The average molecular weight is 481 g/mol. The zero-order valence-electron chi connectivity index (χ0n) is 18.1. The molecule has 174 valence electrons. The minimum Gasteiger partial charge on any atom is -0.373 e. The van der Waals surface area contributed by atoms with Crippen molar-refractivity contribution in [2.24, 2.45) is 0 Å². The predicted octanol–water partition coefficient (Wildman–Crippen LogP) is 2.39. The lowest BCUT2D eigenvalue weighted by Crippen LogP contribution is -2.58. The molecule has 2 saturated heterocycles. The standard InChI is InChI=1S/C22H29ClN4O4S/c1-32(28,29)31-16-21-14-27(20(15-30-21)13-17-3-5-18(23)6-4-17)19-7-11-26(12-8-19)22-24-9-2-10-25-22/h2-6,9-10,19-21H,7-8,11-16H2,1H3. The molecule has 0 bridgehead atoms. The van der Waals surface area contributed by atoms with Gasteiger partial charge in [-0.2, -0.15) is 8.42 Å². The Hall–Kier alpha value is -1.78. The van der Waals surface area contributed by atoms with Gasteiger partial charge in [0.2, 0.25) is 5.95 Å². The van der Waals surface area contributed by atoms with Crippen LogP contribution in [0.2, 0.25) is 5.02 Å². The Labute approximate surface area is 194 Å². The smallest absolute Gasteiger partial charge is 0.264 e. The third-order valence-electron chi connectivity index (χ3n) is 6.03. The highest BCUT2D eigenvalue weighted by molar-refractivity contribution is 7.85. The third kappa shape index (κ3) is 6.39. The van der Waals surface area contributed by atoms with E-state index < -0.39 is 10.1 Å². The van der Waals surface area contributed by atoms with Gasteiger partial charge in [-0.15, -0.1) is 0 Å². The van der Waals surface area contributed by atoms with E-state index in [2.05, 4.69) is 31.9 Å². The summed E-state index contributed by atoms with van der Waals surface area (Å²) in [5, 5.41) is 0.721. The van der Waals surface area contributed by atoms with Gasteiger partial charge in [-0.3, -0.25) is 9.08 Å². The summed E-state index contributed by atoms with van der Waals surface area (Å²) in [5.41, 5.74) is 1.20. The number of morpholine rings is 1. The second-order valence-electron chi connectivity index (χ2n) is 8.39. The van der Waals surface area contributed by atoms with E-state index in [9.17, 15) is 8.42 Å². The van der Waals surface area contributed by atoms with E-state index in [1.165, 1.54) is 5.56 Å². The number of hydrogen-bond acceptors (Lipinski definition) is 8. The fourth-order valence-corrected chi connectivity index (χ4v) is 4.97. The van der Waals surface area contributed by atoms with Gasteiger partial charge in [-0.25, -0.2) is 9.97 Å². The molecule has 0 saturated carbocycles. The fraction of sp³-hybridized carbons (Fsp3) is 0.545. The van der Waals surface area contributed by atoms with Crippen LogP contribution < -0.4 is 4.90 Å². The van der Waals surface area contributed by atoms with Crippen molar-refractivity contribution in [3.8, 4) is 0 Å². The number of nitrogens with zero attached hydrogens (tertiary/aromatic N) is 4. The zero-order chi connectivity index (χ0) is 22.6. The largest absolute Gasteiger partial charge is 0.373 e. The predicted molar refractivity (Wildman–Crippen MR) is 123 cm³/mol. The Bertz CT molecular complexity index is 969. The van der Waals surface area contributed by atoms with E-state index >= 15 is 0 Å². The van der Waals surface area contributed by atoms with Crippen molar-refractivity contribution < 1.29 is 17.3 Å². The van der Waals surface area contributed by atoms with Crippen molar-refractivity contribution in [2.45, 2.75) is 37.5 Å². The maximum Gasteiger partial charge on any atom is 0.264 e. The van der Waals surface area contributed by atoms with Crippen LogP contribution in [0.5, 0.6) is 0 Å². The highest BCUT2D eigenvalue weighted by atomic mass is 35.5. The Balaban J connectivity index is 1.43. The van der Waals surface area contributed by atoms with Gasteiger partial charge in [0.15, 0.2) is 0 Å². The molecular weight excluding hydrogens is 452 g/mol. The number of ether oxygens (including phenoxy) is 1. The highest BCUT2D eigenvalue weighted by Gasteiger charge is 2.36. The maximum absolute atomic E-state index is 11.4. The van der Waals surface area contributed by atoms with Gasteiger partial charge in [-0.05, 0) is 43.0 Å². The molecule has 1 aromatic heterocycles. The van der Waals surface area contributed by atoms with Crippen LogP contribution in [0.3, 0.4) is 0 Å². The molecule has 1 aromatic carbocycles. The van der Waals surface area contributed by atoms with E-state index in [1.807, 2.05) is 18.2 Å². The van der Waals surface area contributed by atoms with Crippen LogP contribution in [-0.4, -0.2) is 80.6 Å². The van der Waals surface area contributed by atoms with Crippen LogP contribution in [0, 0.1) is 0 Å². The van der Waals surface area contributed by atoms with Gasteiger partial charge in [-0.1, -0.05) is 23.7 Å². The van der Waals surface area contributed by atoms with E-state index in [0.29, 0.717) is 19.2 Å². The first-order valence-corrected chi connectivity index (χ1v) is 13.0. The van der Waals surface area contributed by atoms with Gasteiger partial charge in [0, 0.05) is 49.1 Å². The Kier molecular flexibility index (Phi) is 7.63. The molecule has 2 aliphatic rings. The van der Waals surface area contributed by atoms with Gasteiger partial charge in [0.1, 0.15) is 0 Å². The molecule has 32 heavy (non-hydrogen) atoms. The summed E-state index contributed by atoms with van der Waals surface area (Å²) >= 11 is 6.05. The van der Waals surface area contributed by atoms with Crippen molar-refractivity contribution >= 4 is 27.7 Å². The van der Waals surface area contributed by atoms with E-state index in [4.69, 9.17) is 20.5 Å². The normalized spacial score (nSPS) is 23.4. The lowest BCUT2D eigenvalue weighted by atomic mass is 9.96. The molecule has 2 aromatic rings. The quantitative estimate of drug-likeness (QED) is 0.558. The number of halogens is 1. The zero-order valence-corrected chi connectivity index (χ0v) is 19.7. The van der Waals surface area contributed by atoms with Crippen molar-refractivity contribution in [2.75, 3.05) is 44.0 Å². The SMILES string of the molecule is CS(=O)(=O)OCC1CN(C2CCN(c3ncccn3)CC2)C(Cc2ccc(Cl)cc2)CO1. The molecule has 2 unspecified atom stereocenters. The second-order valence-corrected chi connectivity index (χ2v) is 10.5. The maximum atomic E-state index is 11.4. The van der Waals surface area contributed by atoms with Gasteiger partial charge in [0.25, 0.3) is 10.1 Å². The Morgan fingerprint density at radius 2 is 1.84 bits per heavy atom. The lowest BCUT2D eigenvalue weighted by Gasteiger charge is -2.46. The van der Waals surface area contributed by atoms with E-state index in [0.717, 1.165) is 49.6 Å². The first-order valence-electron chi connectivity index (χ1n) is 10.9. The molecule has 0 spiro atoms. The molecule has 2 fully saturated rings. The molecular formula is C22H29ClN4O4S. The third-order valence-corrected chi connectivity index (χ3v) is 6.85. The summed E-state index contributed by atoms with van der Waals surface area (Å²) in [6.07, 6.45) is 7.14. The number of hydrogen-bond donors (Lipinski definition) is 0. The summed E-state index contributed by atoms with van der Waals surface area (Å²) in [6.45, 7) is 2.97. The molecule has 2 atom stereocenters. The summed E-state index contributed by atoms with van der Waals surface area (Å²) in [7, 11) is -3.50. The molecule has 0 aliphatic carbocycles. The van der Waals surface area contributed by atoms with Crippen molar-refractivity contribution in [3.63, 3.8) is 0 Å². The number of anilines is 1. The van der Waals surface area contributed by atoms with Gasteiger partial charge in [0.05, 0.1) is 25.6 Å². The Morgan fingerprint density at radius 1 is 1.16 bits per heavy atom. The summed E-state index contributed by atoms with van der Waals surface area (Å²) in [6, 6.07) is 10.3. The minimum absolute atomic E-state index is 0.0414. The van der Waals surface area contributed by atoms with Gasteiger partial charge >= 0.3 is 0 Å².